The first-order chi connectivity index (χ1) is 8.29. The van der Waals surface area contributed by atoms with Gasteiger partial charge in [0.2, 0.25) is 0 Å². The first kappa shape index (κ1) is 12.6. The van der Waals surface area contributed by atoms with Crippen LogP contribution in [0, 0.1) is 0 Å². The van der Waals surface area contributed by atoms with Crippen LogP contribution in [0.3, 0.4) is 0 Å². The Kier molecular flexibility index (Phi) is 4.54. The monoisotopic (exact) mass is 234 g/mol. The Bertz CT molecular complexity index is 348. The van der Waals surface area contributed by atoms with Crippen LogP contribution in [0.25, 0.3) is 0 Å². The highest BCUT2D eigenvalue weighted by Crippen LogP contribution is 2.15. The fraction of sp³-hybridized carbons (Fsp3) is 0.571. The number of ether oxygens (including phenoxy) is 1. The van der Waals surface area contributed by atoms with E-state index in [0.717, 1.165) is 19.8 Å². The molecule has 1 aromatic rings. The molecule has 17 heavy (non-hydrogen) atoms. The molecule has 1 unspecified atom stereocenters. The summed E-state index contributed by atoms with van der Waals surface area (Å²) in [5.41, 5.74) is 8.20. The molecule has 0 amide bonds. The fourth-order valence-corrected chi connectivity index (χ4v) is 2.34. The van der Waals surface area contributed by atoms with Crippen molar-refractivity contribution in [2.75, 3.05) is 20.3 Å². The van der Waals surface area contributed by atoms with Crippen LogP contribution in [0.5, 0.6) is 0 Å². The molecule has 1 atom stereocenters. The van der Waals surface area contributed by atoms with Crippen LogP contribution >= 0.6 is 0 Å². The van der Waals surface area contributed by atoms with E-state index in [0.29, 0.717) is 12.6 Å². The van der Waals surface area contributed by atoms with Crippen molar-refractivity contribution in [1.82, 2.24) is 4.90 Å². The molecule has 0 saturated carbocycles. The van der Waals surface area contributed by atoms with Gasteiger partial charge in [-0.15, -0.1) is 0 Å². The highest BCUT2D eigenvalue weighted by molar-refractivity contribution is 5.23. The van der Waals surface area contributed by atoms with Gasteiger partial charge in [-0.05, 0) is 31.0 Å². The predicted octanol–water partition coefficient (Wildman–Crippen LogP) is 1.76. The third-order valence-corrected chi connectivity index (χ3v) is 3.42. The Hall–Kier alpha value is -0.900. The van der Waals surface area contributed by atoms with E-state index in [2.05, 4.69) is 36.2 Å². The topological polar surface area (TPSA) is 38.5 Å². The molecule has 1 heterocycles. The number of rotatable bonds is 4. The second kappa shape index (κ2) is 6.15. The number of nitrogens with two attached hydrogens (primary N) is 1. The minimum atomic E-state index is 0.560. The van der Waals surface area contributed by atoms with Gasteiger partial charge in [0, 0.05) is 25.7 Å². The van der Waals surface area contributed by atoms with Crippen molar-refractivity contribution in [3.8, 4) is 0 Å². The maximum absolute atomic E-state index is 5.66. The van der Waals surface area contributed by atoms with Crippen molar-refractivity contribution in [2.24, 2.45) is 5.73 Å². The van der Waals surface area contributed by atoms with Gasteiger partial charge in [-0.25, -0.2) is 0 Å². The van der Waals surface area contributed by atoms with Gasteiger partial charge >= 0.3 is 0 Å². The molecule has 1 saturated heterocycles. The Morgan fingerprint density at radius 1 is 1.41 bits per heavy atom. The van der Waals surface area contributed by atoms with Gasteiger partial charge in [-0.1, -0.05) is 24.3 Å². The summed E-state index contributed by atoms with van der Waals surface area (Å²) in [7, 11) is 2.18. The van der Waals surface area contributed by atoms with E-state index in [-0.39, 0.29) is 0 Å². The van der Waals surface area contributed by atoms with E-state index in [4.69, 9.17) is 10.5 Å². The van der Waals surface area contributed by atoms with Crippen LogP contribution in [-0.2, 0) is 17.8 Å². The van der Waals surface area contributed by atoms with E-state index in [1.807, 2.05) is 0 Å². The normalized spacial score (nSPS) is 20.8. The van der Waals surface area contributed by atoms with Crippen LogP contribution in [0.4, 0.5) is 0 Å². The number of hydrogen-bond acceptors (Lipinski definition) is 3. The highest BCUT2D eigenvalue weighted by atomic mass is 16.5. The van der Waals surface area contributed by atoms with Gasteiger partial charge in [0.15, 0.2) is 0 Å². The zero-order valence-corrected chi connectivity index (χ0v) is 10.6. The molecule has 1 aromatic carbocycles. The molecular weight excluding hydrogens is 212 g/mol. The fourth-order valence-electron chi connectivity index (χ4n) is 2.34. The van der Waals surface area contributed by atoms with Crippen LogP contribution in [0.1, 0.15) is 24.0 Å². The smallest absolute Gasteiger partial charge is 0.0621 e. The molecule has 0 radical (unpaired) electrons. The molecule has 0 spiro atoms. The van der Waals surface area contributed by atoms with E-state index in [1.165, 1.54) is 24.0 Å². The summed E-state index contributed by atoms with van der Waals surface area (Å²) in [5, 5.41) is 0. The average molecular weight is 234 g/mol. The number of nitrogens with zero attached hydrogens (tertiary/aromatic N) is 1. The first-order valence-electron chi connectivity index (χ1n) is 6.35. The average Bonchev–Trinajstić information content (AvgIpc) is 2.40. The maximum atomic E-state index is 5.66. The molecule has 2 N–H and O–H groups in total. The van der Waals surface area contributed by atoms with E-state index >= 15 is 0 Å². The Morgan fingerprint density at radius 3 is 2.94 bits per heavy atom. The third-order valence-electron chi connectivity index (χ3n) is 3.42. The van der Waals surface area contributed by atoms with Gasteiger partial charge in [0.05, 0.1) is 6.61 Å². The lowest BCUT2D eigenvalue weighted by Gasteiger charge is -2.31. The molecular formula is C14H22N2O. The quantitative estimate of drug-likeness (QED) is 0.862. The van der Waals surface area contributed by atoms with E-state index in [1.54, 1.807) is 0 Å². The lowest BCUT2D eigenvalue weighted by atomic mass is 10.1. The summed E-state index contributed by atoms with van der Waals surface area (Å²) in [5.74, 6) is 0. The van der Waals surface area contributed by atoms with Crippen LogP contribution < -0.4 is 5.73 Å². The van der Waals surface area contributed by atoms with Crippen LogP contribution in [0.2, 0.25) is 0 Å². The minimum Gasteiger partial charge on any atom is -0.380 e. The lowest BCUT2D eigenvalue weighted by molar-refractivity contribution is 0.0250. The standard InChI is InChI=1S/C14H22N2O/c1-16(14-6-3-7-17-11-14)10-13-5-2-4-12(8-13)9-15/h2,4-5,8,14H,3,6-7,9-11,15H2,1H3. The lowest BCUT2D eigenvalue weighted by Crippen LogP contribution is -2.38. The van der Waals surface area contributed by atoms with Gasteiger partial charge in [-0.3, -0.25) is 4.90 Å². The molecule has 0 bridgehead atoms. The minimum absolute atomic E-state index is 0.560. The zero-order chi connectivity index (χ0) is 12.1. The largest absolute Gasteiger partial charge is 0.380 e. The van der Waals surface area contributed by atoms with Crippen LogP contribution in [-0.4, -0.2) is 31.2 Å². The highest BCUT2D eigenvalue weighted by Gasteiger charge is 2.18. The van der Waals surface area contributed by atoms with Crippen LogP contribution in [0.15, 0.2) is 24.3 Å². The van der Waals surface area contributed by atoms with Crippen molar-refractivity contribution >= 4 is 0 Å². The first-order valence-corrected chi connectivity index (χ1v) is 6.35. The SMILES string of the molecule is CN(Cc1cccc(CN)c1)C1CCCOC1. The van der Waals surface area contributed by atoms with Crippen molar-refractivity contribution in [1.29, 1.82) is 0 Å². The van der Waals surface area contributed by atoms with Gasteiger partial charge in [0.1, 0.15) is 0 Å². The number of likely N-dealkylation sites (N-methyl/N-ethyl adjacent to an activating group) is 1. The zero-order valence-electron chi connectivity index (χ0n) is 10.6. The predicted molar refractivity (Wildman–Crippen MR) is 69.6 cm³/mol. The summed E-state index contributed by atoms with van der Waals surface area (Å²) >= 11 is 0. The molecule has 2 rings (SSSR count). The van der Waals surface area contributed by atoms with Crippen molar-refractivity contribution in [3.05, 3.63) is 35.4 Å². The number of hydrogen-bond donors (Lipinski definition) is 1. The second-order valence-corrected chi connectivity index (χ2v) is 4.81. The Morgan fingerprint density at radius 2 is 2.24 bits per heavy atom. The summed E-state index contributed by atoms with van der Waals surface area (Å²) in [6, 6.07) is 9.08. The summed E-state index contributed by atoms with van der Waals surface area (Å²) in [4.78, 5) is 2.38. The molecule has 3 nitrogen and oxygen atoms in total. The van der Waals surface area contributed by atoms with Gasteiger partial charge in [-0.2, -0.15) is 0 Å². The molecule has 1 fully saturated rings. The molecule has 94 valence electrons. The summed E-state index contributed by atoms with van der Waals surface area (Å²) in [6.45, 7) is 3.38. The van der Waals surface area contributed by atoms with E-state index < -0.39 is 0 Å². The maximum Gasteiger partial charge on any atom is 0.0621 e. The van der Waals surface area contributed by atoms with Gasteiger partial charge in [0.25, 0.3) is 0 Å². The van der Waals surface area contributed by atoms with Crippen molar-refractivity contribution in [2.45, 2.75) is 32.0 Å². The molecule has 0 aliphatic carbocycles. The molecule has 3 heteroatoms. The second-order valence-electron chi connectivity index (χ2n) is 4.81. The van der Waals surface area contributed by atoms with Gasteiger partial charge < -0.3 is 10.5 Å². The summed E-state index contributed by atoms with van der Waals surface area (Å²) < 4.78 is 5.52. The molecule has 1 aliphatic heterocycles. The Balaban J connectivity index is 1.94. The van der Waals surface area contributed by atoms with E-state index in [9.17, 15) is 0 Å². The number of benzene rings is 1. The third kappa shape index (κ3) is 3.53. The summed E-state index contributed by atoms with van der Waals surface area (Å²) in [6.07, 6.45) is 2.42. The molecule has 0 aromatic heterocycles. The van der Waals surface area contributed by atoms with Crippen molar-refractivity contribution in [3.63, 3.8) is 0 Å². The molecule has 1 aliphatic rings. The van der Waals surface area contributed by atoms with Crippen molar-refractivity contribution < 1.29 is 4.74 Å². The Labute approximate surface area is 104 Å².